The van der Waals surface area contributed by atoms with Crippen LogP contribution in [0.1, 0.15) is 18.1 Å². The monoisotopic (exact) mass is 383 g/mol. The first-order valence-electron chi connectivity index (χ1n) is 8.53. The highest BCUT2D eigenvalue weighted by Gasteiger charge is 2.25. The molecular weight excluding hydrogens is 358 g/mol. The van der Waals surface area contributed by atoms with Crippen molar-refractivity contribution in [2.75, 3.05) is 39.3 Å². The molecule has 0 atom stereocenters. The zero-order valence-corrected chi connectivity index (χ0v) is 15.9. The number of benzene rings is 1. The number of sulfonamides is 1. The van der Waals surface area contributed by atoms with E-state index in [-0.39, 0.29) is 18.2 Å². The van der Waals surface area contributed by atoms with Crippen molar-refractivity contribution in [3.63, 3.8) is 0 Å². The summed E-state index contributed by atoms with van der Waals surface area (Å²) in [6, 6.07) is 7.20. The van der Waals surface area contributed by atoms with E-state index in [4.69, 9.17) is 4.74 Å². The molecule has 2 rings (SSSR count). The summed E-state index contributed by atoms with van der Waals surface area (Å²) in [7, 11) is -3.59. The van der Waals surface area contributed by atoms with Gasteiger partial charge in [0.2, 0.25) is 15.9 Å². The van der Waals surface area contributed by atoms with Crippen LogP contribution in [0.25, 0.3) is 0 Å². The summed E-state index contributed by atoms with van der Waals surface area (Å²) in [4.78, 5) is 26.9. The quantitative estimate of drug-likeness (QED) is 0.781. The molecule has 26 heavy (non-hydrogen) atoms. The van der Waals surface area contributed by atoms with E-state index < -0.39 is 16.1 Å². The van der Waals surface area contributed by atoms with Gasteiger partial charge in [-0.3, -0.25) is 4.79 Å². The molecule has 8 nitrogen and oxygen atoms in total. The van der Waals surface area contributed by atoms with Gasteiger partial charge >= 0.3 is 6.09 Å². The van der Waals surface area contributed by atoms with E-state index >= 15 is 0 Å². The van der Waals surface area contributed by atoms with Crippen LogP contribution in [0.3, 0.4) is 0 Å². The van der Waals surface area contributed by atoms with Crippen molar-refractivity contribution < 1.29 is 22.7 Å². The summed E-state index contributed by atoms with van der Waals surface area (Å²) in [5.74, 6) is -0.474. The topological polar surface area (TPSA) is 96.0 Å². The third-order valence-corrected chi connectivity index (χ3v) is 5.38. The van der Waals surface area contributed by atoms with Gasteiger partial charge in [-0.05, 0) is 19.4 Å². The van der Waals surface area contributed by atoms with Crippen molar-refractivity contribution in [1.82, 2.24) is 14.5 Å². The lowest BCUT2D eigenvalue weighted by atomic mass is 10.2. The van der Waals surface area contributed by atoms with Gasteiger partial charge in [-0.15, -0.1) is 0 Å². The average Bonchev–Trinajstić information content (AvgIpc) is 2.62. The Morgan fingerprint density at radius 3 is 2.23 bits per heavy atom. The van der Waals surface area contributed by atoms with Crippen LogP contribution >= 0.6 is 0 Å². The largest absolute Gasteiger partial charge is 0.450 e. The first kappa shape index (κ1) is 20.2. The number of nitrogens with zero attached hydrogens (tertiary/aromatic N) is 2. The van der Waals surface area contributed by atoms with Crippen LogP contribution in [-0.4, -0.2) is 69.5 Å². The van der Waals surface area contributed by atoms with Crippen LogP contribution < -0.4 is 4.72 Å². The fourth-order valence-corrected chi connectivity index (χ4v) is 3.67. The van der Waals surface area contributed by atoms with Crippen LogP contribution in [0.4, 0.5) is 4.79 Å². The smallest absolute Gasteiger partial charge is 0.409 e. The van der Waals surface area contributed by atoms with Crippen LogP contribution in [0, 0.1) is 6.92 Å². The lowest BCUT2D eigenvalue weighted by molar-refractivity contribution is -0.131. The molecule has 0 spiro atoms. The van der Waals surface area contributed by atoms with Crippen LogP contribution in [-0.2, 0) is 25.3 Å². The molecule has 0 aliphatic carbocycles. The molecule has 1 saturated heterocycles. The van der Waals surface area contributed by atoms with Gasteiger partial charge in [-0.2, -0.15) is 0 Å². The van der Waals surface area contributed by atoms with Gasteiger partial charge in [0.15, 0.2) is 0 Å². The van der Waals surface area contributed by atoms with Crippen LogP contribution in [0.2, 0.25) is 0 Å². The zero-order chi connectivity index (χ0) is 19.2. The molecule has 1 fully saturated rings. The number of ether oxygens (including phenoxy) is 1. The van der Waals surface area contributed by atoms with E-state index in [9.17, 15) is 18.0 Å². The van der Waals surface area contributed by atoms with Crippen molar-refractivity contribution in [2.45, 2.75) is 19.6 Å². The Morgan fingerprint density at radius 2 is 1.65 bits per heavy atom. The van der Waals surface area contributed by atoms with Crippen molar-refractivity contribution in [3.8, 4) is 0 Å². The van der Waals surface area contributed by atoms with E-state index in [0.717, 1.165) is 5.56 Å². The van der Waals surface area contributed by atoms with Gasteiger partial charge in [-0.25, -0.2) is 17.9 Å². The summed E-state index contributed by atoms with van der Waals surface area (Å²) in [5.41, 5.74) is 1.72. The van der Waals surface area contributed by atoms with E-state index in [2.05, 4.69) is 4.72 Å². The lowest BCUT2D eigenvalue weighted by Gasteiger charge is -2.34. The molecule has 1 aliphatic heterocycles. The minimum atomic E-state index is -3.59. The van der Waals surface area contributed by atoms with Gasteiger partial charge in [0.05, 0.1) is 18.9 Å². The lowest BCUT2D eigenvalue weighted by Crippen LogP contribution is -2.52. The van der Waals surface area contributed by atoms with E-state index in [1.54, 1.807) is 24.0 Å². The first-order valence-corrected chi connectivity index (χ1v) is 10.2. The Hall–Kier alpha value is -2.13. The van der Waals surface area contributed by atoms with Gasteiger partial charge in [0.25, 0.3) is 0 Å². The fourth-order valence-electron chi connectivity index (χ4n) is 2.59. The van der Waals surface area contributed by atoms with Gasteiger partial charge in [0, 0.05) is 26.2 Å². The third kappa shape index (κ3) is 5.99. The second kappa shape index (κ2) is 9.00. The summed E-state index contributed by atoms with van der Waals surface area (Å²) >= 11 is 0. The van der Waals surface area contributed by atoms with Gasteiger partial charge < -0.3 is 14.5 Å². The maximum Gasteiger partial charge on any atom is 0.409 e. The molecular formula is C17H25N3O5S. The molecule has 144 valence electrons. The Morgan fingerprint density at radius 1 is 1.08 bits per heavy atom. The number of hydrogen-bond acceptors (Lipinski definition) is 5. The second-order valence-corrected chi connectivity index (χ2v) is 7.94. The highest BCUT2D eigenvalue weighted by Crippen LogP contribution is 2.08. The maximum absolute atomic E-state index is 12.2. The molecule has 0 unspecified atom stereocenters. The highest BCUT2D eigenvalue weighted by molar-refractivity contribution is 7.88. The van der Waals surface area contributed by atoms with E-state index in [1.165, 1.54) is 4.90 Å². The van der Waals surface area contributed by atoms with Crippen molar-refractivity contribution in [1.29, 1.82) is 0 Å². The summed E-state index contributed by atoms with van der Waals surface area (Å²) in [6.07, 6.45) is -0.390. The zero-order valence-electron chi connectivity index (χ0n) is 15.1. The van der Waals surface area contributed by atoms with E-state index in [0.29, 0.717) is 38.3 Å². The molecule has 1 aliphatic rings. The molecule has 0 radical (unpaired) electrons. The number of hydrogen-bond donors (Lipinski definition) is 1. The molecule has 1 aromatic carbocycles. The third-order valence-electron chi connectivity index (χ3n) is 4.08. The predicted molar refractivity (Wildman–Crippen MR) is 97.0 cm³/mol. The normalized spacial score (nSPS) is 15.0. The minimum Gasteiger partial charge on any atom is -0.450 e. The number of piperazine rings is 1. The maximum atomic E-state index is 12.2. The second-order valence-electron chi connectivity index (χ2n) is 6.13. The SMILES string of the molecule is CCOC(=O)N1CCN(C(=O)CNS(=O)(=O)Cc2ccc(C)cc2)CC1. The predicted octanol–water partition coefficient (Wildman–Crippen LogP) is 0.715. The van der Waals surface area contributed by atoms with Crippen LogP contribution in [0.15, 0.2) is 24.3 Å². The van der Waals surface area contributed by atoms with Crippen molar-refractivity contribution in [3.05, 3.63) is 35.4 Å². The molecule has 0 aromatic heterocycles. The number of amides is 2. The van der Waals surface area contributed by atoms with Gasteiger partial charge in [-0.1, -0.05) is 29.8 Å². The van der Waals surface area contributed by atoms with Crippen LogP contribution in [0.5, 0.6) is 0 Å². The minimum absolute atomic E-state index is 0.169. The van der Waals surface area contributed by atoms with E-state index in [1.807, 2.05) is 19.1 Å². The van der Waals surface area contributed by atoms with Gasteiger partial charge in [0.1, 0.15) is 0 Å². The van der Waals surface area contributed by atoms with Crippen molar-refractivity contribution in [2.24, 2.45) is 0 Å². The highest BCUT2D eigenvalue weighted by atomic mass is 32.2. The number of aryl methyl sites for hydroxylation is 1. The molecule has 1 aromatic rings. The summed E-state index contributed by atoms with van der Waals surface area (Å²) in [6.45, 7) is 5.15. The Bertz CT molecular complexity index is 725. The van der Waals surface area contributed by atoms with Crippen molar-refractivity contribution >= 4 is 22.0 Å². The summed E-state index contributed by atoms with van der Waals surface area (Å²) in [5, 5.41) is 0. The average molecular weight is 383 g/mol. The molecule has 0 bridgehead atoms. The fraction of sp³-hybridized carbons (Fsp3) is 0.529. The molecule has 1 N–H and O–H groups in total. The number of rotatable bonds is 6. The Balaban J connectivity index is 1.79. The standard InChI is InChI=1S/C17H25N3O5S/c1-3-25-17(22)20-10-8-19(9-11-20)16(21)12-18-26(23,24)13-15-6-4-14(2)5-7-15/h4-7,18H,3,8-13H2,1-2H3. The molecule has 2 amide bonds. The Kier molecular flexibility index (Phi) is 6.98. The molecule has 9 heteroatoms. The number of nitrogens with one attached hydrogen (secondary N) is 1. The molecule has 0 saturated carbocycles. The first-order chi connectivity index (χ1) is 12.3. The number of carbonyl (C=O) groups excluding carboxylic acids is 2. The molecule has 1 heterocycles. The summed E-state index contributed by atoms with van der Waals surface area (Å²) < 4.78 is 31.5. The number of carbonyl (C=O) groups is 2. The Labute approximate surface area is 154 Å².